The van der Waals surface area contributed by atoms with E-state index in [1.807, 2.05) is 51.1 Å². The summed E-state index contributed by atoms with van der Waals surface area (Å²) in [5, 5.41) is 0. The Labute approximate surface area is 161 Å². The number of rotatable bonds is 5. The van der Waals surface area contributed by atoms with Crippen molar-refractivity contribution in [2.75, 3.05) is 32.7 Å². The maximum atomic E-state index is 12.3. The summed E-state index contributed by atoms with van der Waals surface area (Å²) in [5.74, 6) is 0.168. The van der Waals surface area contributed by atoms with Gasteiger partial charge in [-0.25, -0.2) is 4.79 Å². The summed E-state index contributed by atoms with van der Waals surface area (Å²) in [6, 6.07) is 9.44. The number of nitrogens with zero attached hydrogens (tertiary/aromatic N) is 2. The molecule has 2 aliphatic heterocycles. The second-order valence-electron chi connectivity index (χ2n) is 8.41. The molecule has 0 N–H and O–H groups in total. The summed E-state index contributed by atoms with van der Waals surface area (Å²) >= 11 is 0. The van der Waals surface area contributed by atoms with Gasteiger partial charge < -0.3 is 14.4 Å². The second-order valence-corrected chi connectivity index (χ2v) is 8.41. The quantitative estimate of drug-likeness (QED) is 0.742. The van der Waals surface area contributed by atoms with Crippen LogP contribution < -0.4 is 0 Å². The summed E-state index contributed by atoms with van der Waals surface area (Å²) in [6.45, 7) is 9.01. The van der Waals surface area contributed by atoms with Crippen LogP contribution in [0.5, 0.6) is 0 Å². The van der Waals surface area contributed by atoms with Crippen molar-refractivity contribution in [2.45, 2.75) is 51.4 Å². The van der Waals surface area contributed by atoms with E-state index >= 15 is 0 Å². The van der Waals surface area contributed by atoms with Gasteiger partial charge >= 0.3 is 6.09 Å². The summed E-state index contributed by atoms with van der Waals surface area (Å²) < 4.78 is 11.5. The highest BCUT2D eigenvalue weighted by Gasteiger charge is 2.36. The van der Waals surface area contributed by atoms with Crippen LogP contribution in [0.4, 0.5) is 4.79 Å². The summed E-state index contributed by atoms with van der Waals surface area (Å²) in [5.41, 5.74) is 0.306. The zero-order valence-corrected chi connectivity index (χ0v) is 16.5. The van der Waals surface area contributed by atoms with Crippen molar-refractivity contribution in [1.29, 1.82) is 0 Å². The Bertz CT molecular complexity index is 642. The van der Waals surface area contributed by atoms with Crippen LogP contribution >= 0.6 is 0 Å². The normalized spacial score (nSPS) is 19.6. The third-order valence-electron chi connectivity index (χ3n) is 4.88. The number of piperidine rings is 1. The van der Waals surface area contributed by atoms with Gasteiger partial charge in [-0.1, -0.05) is 30.3 Å². The largest absolute Gasteiger partial charge is 0.444 e. The lowest BCUT2D eigenvalue weighted by molar-refractivity contribution is -0.106. The molecule has 6 heteroatoms. The average molecular weight is 374 g/mol. The molecule has 0 aromatic heterocycles. The molecular weight excluding hydrogens is 344 g/mol. The topological polar surface area (TPSA) is 59.1 Å². The molecule has 2 aliphatic rings. The van der Waals surface area contributed by atoms with Crippen molar-refractivity contribution in [3.63, 3.8) is 0 Å². The molecule has 0 bridgehead atoms. The van der Waals surface area contributed by atoms with Crippen LogP contribution in [0.25, 0.3) is 0 Å². The van der Waals surface area contributed by atoms with Gasteiger partial charge in [0, 0.05) is 18.7 Å². The molecule has 0 spiro atoms. The zero-order valence-electron chi connectivity index (χ0n) is 16.5. The van der Waals surface area contributed by atoms with Crippen LogP contribution in [0.1, 0.15) is 44.0 Å². The molecule has 3 rings (SSSR count). The van der Waals surface area contributed by atoms with Gasteiger partial charge in [-0.15, -0.1) is 0 Å². The van der Waals surface area contributed by atoms with Gasteiger partial charge in [0.25, 0.3) is 0 Å². The smallest absolute Gasteiger partial charge is 0.410 e. The van der Waals surface area contributed by atoms with Gasteiger partial charge in [0.05, 0.1) is 31.8 Å². The van der Waals surface area contributed by atoms with Crippen LogP contribution in [0.15, 0.2) is 30.3 Å². The molecule has 2 fully saturated rings. The number of carbonyl (C=O) groups excluding carboxylic acids is 2. The number of hydrogen-bond acceptors (Lipinski definition) is 5. The molecule has 0 atom stereocenters. The fourth-order valence-corrected chi connectivity index (χ4v) is 3.39. The first-order valence-electron chi connectivity index (χ1n) is 9.74. The van der Waals surface area contributed by atoms with Crippen LogP contribution in [0.3, 0.4) is 0 Å². The SMILES string of the molecule is CC(C)(C)OC(=O)N1CC(OC2CCN(CC(=O)c3ccccc3)CC2)C1. The second kappa shape index (κ2) is 8.40. The molecule has 0 aliphatic carbocycles. The fourth-order valence-electron chi connectivity index (χ4n) is 3.39. The molecular formula is C21H30N2O4. The number of ketones is 1. The van der Waals surface area contributed by atoms with E-state index in [0.717, 1.165) is 31.5 Å². The molecule has 2 saturated heterocycles. The lowest BCUT2D eigenvalue weighted by Gasteiger charge is -2.42. The van der Waals surface area contributed by atoms with Crippen LogP contribution in [0, 0.1) is 0 Å². The highest BCUT2D eigenvalue weighted by molar-refractivity contribution is 5.97. The molecule has 2 heterocycles. The Morgan fingerprint density at radius 3 is 2.26 bits per heavy atom. The minimum Gasteiger partial charge on any atom is -0.444 e. The number of Topliss-reactive ketones (excluding diaryl/α,β-unsaturated/α-hetero) is 1. The third kappa shape index (κ3) is 5.78. The highest BCUT2D eigenvalue weighted by atomic mass is 16.6. The number of amides is 1. The van der Waals surface area contributed by atoms with Crippen LogP contribution in [0.2, 0.25) is 0 Å². The van der Waals surface area contributed by atoms with Crippen LogP contribution in [-0.2, 0) is 9.47 Å². The van der Waals surface area contributed by atoms with E-state index in [2.05, 4.69) is 4.90 Å². The Morgan fingerprint density at radius 2 is 1.67 bits per heavy atom. The fraction of sp³-hybridized carbons (Fsp3) is 0.619. The predicted octanol–water partition coefficient (Wildman–Crippen LogP) is 2.97. The van der Waals surface area contributed by atoms with E-state index in [4.69, 9.17) is 9.47 Å². The number of benzene rings is 1. The van der Waals surface area contributed by atoms with E-state index in [-0.39, 0.29) is 24.1 Å². The van der Waals surface area contributed by atoms with E-state index < -0.39 is 5.60 Å². The van der Waals surface area contributed by atoms with Gasteiger partial charge in [-0.2, -0.15) is 0 Å². The average Bonchev–Trinajstić information content (AvgIpc) is 2.58. The molecule has 148 valence electrons. The predicted molar refractivity (Wildman–Crippen MR) is 103 cm³/mol. The van der Waals surface area contributed by atoms with Gasteiger partial charge in [0.2, 0.25) is 0 Å². The van der Waals surface area contributed by atoms with Crippen molar-refractivity contribution < 1.29 is 19.1 Å². The Balaban J connectivity index is 1.34. The lowest BCUT2D eigenvalue weighted by Crippen LogP contribution is -2.57. The Morgan fingerprint density at radius 1 is 1.04 bits per heavy atom. The Kier molecular flexibility index (Phi) is 6.17. The van der Waals surface area contributed by atoms with Crippen molar-refractivity contribution in [3.8, 4) is 0 Å². The monoisotopic (exact) mass is 374 g/mol. The van der Waals surface area contributed by atoms with E-state index in [1.54, 1.807) is 4.90 Å². The molecule has 6 nitrogen and oxygen atoms in total. The molecule has 1 aromatic carbocycles. The van der Waals surface area contributed by atoms with Crippen LogP contribution in [-0.4, -0.2) is 72.2 Å². The molecule has 0 radical (unpaired) electrons. The third-order valence-corrected chi connectivity index (χ3v) is 4.88. The molecule has 0 saturated carbocycles. The zero-order chi connectivity index (χ0) is 19.4. The molecule has 1 aromatic rings. The minimum absolute atomic E-state index is 0.0972. The molecule has 0 unspecified atom stereocenters. The first-order chi connectivity index (χ1) is 12.8. The van der Waals surface area contributed by atoms with Gasteiger partial charge in [0.15, 0.2) is 5.78 Å². The first kappa shape index (κ1) is 19.8. The lowest BCUT2D eigenvalue weighted by atomic mass is 10.0. The minimum atomic E-state index is -0.465. The number of ether oxygens (including phenoxy) is 2. The van der Waals surface area contributed by atoms with Crippen molar-refractivity contribution >= 4 is 11.9 Å². The maximum Gasteiger partial charge on any atom is 0.410 e. The van der Waals surface area contributed by atoms with Crippen molar-refractivity contribution in [1.82, 2.24) is 9.80 Å². The number of carbonyl (C=O) groups is 2. The van der Waals surface area contributed by atoms with Crippen molar-refractivity contribution in [2.24, 2.45) is 0 Å². The molecule has 1 amide bonds. The summed E-state index contributed by atoms with van der Waals surface area (Å²) in [7, 11) is 0. The van der Waals surface area contributed by atoms with E-state index in [1.165, 1.54) is 0 Å². The van der Waals surface area contributed by atoms with E-state index in [9.17, 15) is 9.59 Å². The Hall–Kier alpha value is -1.92. The van der Waals surface area contributed by atoms with Crippen molar-refractivity contribution in [3.05, 3.63) is 35.9 Å². The van der Waals surface area contributed by atoms with Gasteiger partial charge in [0.1, 0.15) is 5.60 Å². The van der Waals surface area contributed by atoms with E-state index in [0.29, 0.717) is 19.6 Å². The highest BCUT2D eigenvalue weighted by Crippen LogP contribution is 2.22. The first-order valence-corrected chi connectivity index (χ1v) is 9.74. The van der Waals surface area contributed by atoms with Gasteiger partial charge in [-0.05, 0) is 33.6 Å². The van der Waals surface area contributed by atoms with Gasteiger partial charge in [-0.3, -0.25) is 9.69 Å². The summed E-state index contributed by atoms with van der Waals surface area (Å²) in [4.78, 5) is 28.1. The number of likely N-dealkylation sites (tertiary alicyclic amines) is 2. The standard InChI is InChI=1S/C21H30N2O4/c1-21(2,3)27-20(25)23-13-18(14-23)26-17-9-11-22(12-10-17)15-19(24)16-7-5-4-6-8-16/h4-8,17-18H,9-15H2,1-3H3. The number of hydrogen-bond donors (Lipinski definition) is 0. The summed E-state index contributed by atoms with van der Waals surface area (Å²) in [6.07, 6.45) is 1.88. The molecule has 27 heavy (non-hydrogen) atoms. The maximum absolute atomic E-state index is 12.3.